The molecule has 0 amide bonds. The minimum Gasteiger partial charge on any atom is -0.370 e. The highest BCUT2D eigenvalue weighted by Gasteiger charge is 2.27. The molecule has 3 aliphatic rings. The van der Waals surface area contributed by atoms with Gasteiger partial charge in [0.2, 0.25) is 5.95 Å². The molecule has 0 unspecified atom stereocenters. The predicted molar refractivity (Wildman–Crippen MR) is 123 cm³/mol. The summed E-state index contributed by atoms with van der Waals surface area (Å²) in [5.41, 5.74) is 5.24. The second-order valence-electron chi connectivity index (χ2n) is 9.20. The number of anilines is 3. The maximum atomic E-state index is 4.87. The Morgan fingerprint density at radius 3 is 2.80 bits per heavy atom. The van der Waals surface area contributed by atoms with Gasteiger partial charge in [0, 0.05) is 37.1 Å². The summed E-state index contributed by atoms with van der Waals surface area (Å²) >= 11 is 0. The number of fused-ring (bicyclic) bond motifs is 1. The SMILES string of the molecule is CN1CCc2cc(Nc3ncc(C4CC4)c(NCCCN4CCCC4)n3)ccc2C1. The second-order valence-corrected chi connectivity index (χ2v) is 9.20. The zero-order valence-electron chi connectivity index (χ0n) is 18.2. The number of nitrogens with one attached hydrogen (secondary N) is 2. The molecule has 1 aliphatic carbocycles. The highest BCUT2D eigenvalue weighted by atomic mass is 15.2. The van der Waals surface area contributed by atoms with Crippen LogP contribution in [0, 0.1) is 0 Å². The molecule has 1 aromatic carbocycles. The first-order valence-electron chi connectivity index (χ1n) is 11.6. The van der Waals surface area contributed by atoms with E-state index < -0.39 is 0 Å². The van der Waals surface area contributed by atoms with Gasteiger partial charge in [-0.25, -0.2) is 4.98 Å². The van der Waals surface area contributed by atoms with Crippen LogP contribution < -0.4 is 10.6 Å². The summed E-state index contributed by atoms with van der Waals surface area (Å²) in [7, 11) is 2.18. The molecule has 2 aliphatic heterocycles. The summed E-state index contributed by atoms with van der Waals surface area (Å²) in [6, 6.07) is 6.66. The van der Waals surface area contributed by atoms with Gasteiger partial charge in [-0.2, -0.15) is 4.98 Å². The fraction of sp³-hybridized carbons (Fsp3) is 0.583. The van der Waals surface area contributed by atoms with Gasteiger partial charge >= 0.3 is 0 Å². The van der Waals surface area contributed by atoms with Gasteiger partial charge in [0.05, 0.1) is 0 Å². The third kappa shape index (κ3) is 4.76. The average Bonchev–Trinajstić information content (AvgIpc) is 3.46. The van der Waals surface area contributed by atoms with Crippen molar-refractivity contribution in [1.82, 2.24) is 19.8 Å². The van der Waals surface area contributed by atoms with Crippen molar-refractivity contribution in [2.24, 2.45) is 0 Å². The van der Waals surface area contributed by atoms with E-state index in [4.69, 9.17) is 4.98 Å². The van der Waals surface area contributed by atoms with Crippen molar-refractivity contribution in [2.45, 2.75) is 51.0 Å². The first-order chi connectivity index (χ1) is 14.7. The van der Waals surface area contributed by atoms with Crippen LogP contribution >= 0.6 is 0 Å². The lowest BCUT2D eigenvalue weighted by Gasteiger charge is -2.25. The molecule has 3 heterocycles. The van der Waals surface area contributed by atoms with Crippen LogP contribution in [0.15, 0.2) is 24.4 Å². The lowest BCUT2D eigenvalue weighted by molar-refractivity contribution is 0.313. The molecule has 5 rings (SSSR count). The highest BCUT2D eigenvalue weighted by molar-refractivity contribution is 5.59. The van der Waals surface area contributed by atoms with Crippen molar-refractivity contribution in [3.8, 4) is 0 Å². The van der Waals surface area contributed by atoms with E-state index >= 15 is 0 Å². The van der Waals surface area contributed by atoms with E-state index in [1.165, 1.54) is 62.0 Å². The fourth-order valence-corrected chi connectivity index (χ4v) is 4.70. The van der Waals surface area contributed by atoms with Crippen LogP contribution in [0.5, 0.6) is 0 Å². The van der Waals surface area contributed by atoms with Gasteiger partial charge in [0.1, 0.15) is 5.82 Å². The molecular weight excluding hydrogens is 372 g/mol. The Morgan fingerprint density at radius 2 is 1.97 bits per heavy atom. The maximum absolute atomic E-state index is 4.87. The summed E-state index contributed by atoms with van der Waals surface area (Å²) in [6.07, 6.45) is 9.54. The van der Waals surface area contributed by atoms with Gasteiger partial charge in [0.15, 0.2) is 0 Å². The van der Waals surface area contributed by atoms with E-state index in [-0.39, 0.29) is 0 Å². The predicted octanol–water partition coefficient (Wildman–Crippen LogP) is 3.98. The van der Waals surface area contributed by atoms with Crippen molar-refractivity contribution < 1.29 is 0 Å². The molecule has 30 heavy (non-hydrogen) atoms. The molecule has 160 valence electrons. The quantitative estimate of drug-likeness (QED) is 0.647. The van der Waals surface area contributed by atoms with Crippen molar-refractivity contribution in [2.75, 3.05) is 50.4 Å². The Bertz CT molecular complexity index is 872. The monoisotopic (exact) mass is 406 g/mol. The smallest absolute Gasteiger partial charge is 0.229 e. The molecule has 1 aromatic heterocycles. The fourth-order valence-electron chi connectivity index (χ4n) is 4.70. The number of likely N-dealkylation sites (tertiary alicyclic amines) is 1. The van der Waals surface area contributed by atoms with Gasteiger partial charge in [-0.05, 0) is 94.4 Å². The Hall–Kier alpha value is -2.18. The minimum absolute atomic E-state index is 0.640. The van der Waals surface area contributed by atoms with Crippen molar-refractivity contribution >= 4 is 17.5 Å². The van der Waals surface area contributed by atoms with E-state index in [1.807, 2.05) is 6.20 Å². The summed E-state index contributed by atoms with van der Waals surface area (Å²) in [4.78, 5) is 14.4. The van der Waals surface area contributed by atoms with Gasteiger partial charge in [-0.3, -0.25) is 0 Å². The lowest BCUT2D eigenvalue weighted by Crippen LogP contribution is -2.26. The third-order valence-corrected chi connectivity index (χ3v) is 6.64. The van der Waals surface area contributed by atoms with E-state index in [1.54, 1.807) is 0 Å². The zero-order chi connectivity index (χ0) is 20.3. The molecule has 0 atom stereocenters. The van der Waals surface area contributed by atoms with E-state index in [9.17, 15) is 0 Å². The first-order valence-corrected chi connectivity index (χ1v) is 11.6. The number of aromatic nitrogens is 2. The van der Waals surface area contributed by atoms with Crippen molar-refractivity contribution in [3.63, 3.8) is 0 Å². The Kier molecular flexibility index (Phi) is 5.86. The molecule has 2 fully saturated rings. The van der Waals surface area contributed by atoms with Crippen LogP contribution in [0.1, 0.15) is 54.7 Å². The Labute approximate surface area is 180 Å². The molecule has 1 saturated heterocycles. The molecule has 1 saturated carbocycles. The summed E-state index contributed by atoms with van der Waals surface area (Å²) in [5, 5.41) is 7.06. The van der Waals surface area contributed by atoms with E-state index in [0.29, 0.717) is 11.9 Å². The van der Waals surface area contributed by atoms with Crippen LogP contribution in [-0.2, 0) is 13.0 Å². The van der Waals surface area contributed by atoms with Crippen LogP contribution in [0.3, 0.4) is 0 Å². The van der Waals surface area contributed by atoms with Crippen molar-refractivity contribution in [3.05, 3.63) is 41.1 Å². The summed E-state index contributed by atoms with van der Waals surface area (Å²) in [5.74, 6) is 2.35. The van der Waals surface area contributed by atoms with E-state index in [2.05, 4.69) is 50.7 Å². The number of hydrogen-bond acceptors (Lipinski definition) is 6. The largest absolute Gasteiger partial charge is 0.370 e. The normalized spacial score (nSPS) is 19.6. The van der Waals surface area contributed by atoms with Gasteiger partial charge in [-0.15, -0.1) is 0 Å². The summed E-state index contributed by atoms with van der Waals surface area (Å²) in [6.45, 7) is 6.85. The molecule has 0 radical (unpaired) electrons. The third-order valence-electron chi connectivity index (χ3n) is 6.64. The zero-order valence-corrected chi connectivity index (χ0v) is 18.2. The molecule has 6 heteroatoms. The average molecular weight is 407 g/mol. The molecule has 0 spiro atoms. The van der Waals surface area contributed by atoms with Gasteiger partial charge < -0.3 is 20.4 Å². The van der Waals surface area contributed by atoms with Crippen molar-refractivity contribution in [1.29, 1.82) is 0 Å². The lowest BCUT2D eigenvalue weighted by atomic mass is 9.99. The standard InChI is InChI=1S/C24H34N6/c1-29-14-9-19-15-21(8-7-20(19)17-29)27-24-26-16-22(18-5-6-18)23(28-24)25-10-4-13-30-11-2-3-12-30/h7-8,15-16,18H,2-6,9-14,17H2,1H3,(H2,25,26,27,28). The highest BCUT2D eigenvalue weighted by Crippen LogP contribution is 2.42. The number of hydrogen-bond donors (Lipinski definition) is 2. The van der Waals surface area contributed by atoms with Gasteiger partial charge in [-0.1, -0.05) is 6.07 Å². The number of benzene rings is 1. The van der Waals surface area contributed by atoms with Crippen LogP contribution in [0.4, 0.5) is 17.5 Å². The van der Waals surface area contributed by atoms with E-state index in [0.717, 1.165) is 44.0 Å². The van der Waals surface area contributed by atoms with Crippen LogP contribution in [-0.4, -0.2) is 59.5 Å². The second kappa shape index (κ2) is 8.90. The number of rotatable bonds is 8. The Balaban J connectivity index is 1.24. The number of likely N-dealkylation sites (N-methyl/N-ethyl adjacent to an activating group) is 1. The molecule has 2 aromatic rings. The molecule has 2 N–H and O–H groups in total. The molecule has 6 nitrogen and oxygen atoms in total. The maximum Gasteiger partial charge on any atom is 0.229 e. The van der Waals surface area contributed by atoms with Crippen LogP contribution in [0.2, 0.25) is 0 Å². The minimum atomic E-state index is 0.640. The van der Waals surface area contributed by atoms with Gasteiger partial charge in [0.25, 0.3) is 0 Å². The molecular formula is C24H34N6. The van der Waals surface area contributed by atoms with Crippen LogP contribution in [0.25, 0.3) is 0 Å². The molecule has 0 bridgehead atoms. The Morgan fingerprint density at radius 1 is 1.10 bits per heavy atom. The first kappa shape index (κ1) is 19.8. The summed E-state index contributed by atoms with van der Waals surface area (Å²) < 4.78 is 0. The topological polar surface area (TPSA) is 56.3 Å². The number of nitrogens with zero attached hydrogens (tertiary/aromatic N) is 4.